The summed E-state index contributed by atoms with van der Waals surface area (Å²) in [6, 6.07) is 32.1. The molecule has 0 aliphatic heterocycles. The Labute approximate surface area is 297 Å². The maximum absolute atomic E-state index is 3.87. The first-order valence-corrected chi connectivity index (χ1v) is 17.4. The summed E-state index contributed by atoms with van der Waals surface area (Å²) < 4.78 is 0. The molecule has 0 aromatic heterocycles. The van der Waals surface area contributed by atoms with E-state index in [1.807, 2.05) is 34.6 Å². The smallest absolute Gasteiger partial charge is 0.0155 e. The molecule has 0 N–H and O–H groups in total. The van der Waals surface area contributed by atoms with E-state index in [1.54, 1.807) is 12.2 Å². The van der Waals surface area contributed by atoms with Crippen molar-refractivity contribution in [2.24, 2.45) is 0 Å². The first-order chi connectivity index (χ1) is 22.9. The van der Waals surface area contributed by atoms with Gasteiger partial charge >= 0.3 is 0 Å². The van der Waals surface area contributed by atoms with Crippen LogP contribution >= 0.6 is 0 Å². The van der Waals surface area contributed by atoms with Crippen molar-refractivity contribution in [2.45, 2.75) is 96.4 Å². The molecule has 0 atom stereocenters. The maximum Gasteiger partial charge on any atom is -0.0155 e. The quantitative estimate of drug-likeness (QED) is 0.184. The van der Waals surface area contributed by atoms with Gasteiger partial charge in [-0.2, -0.15) is 0 Å². The van der Waals surface area contributed by atoms with Crippen LogP contribution in [0.2, 0.25) is 0 Å². The second kappa shape index (κ2) is 27.7. The molecular formula is C48H66. The Balaban J connectivity index is 0. The van der Waals surface area contributed by atoms with Crippen molar-refractivity contribution >= 4 is 17.2 Å². The van der Waals surface area contributed by atoms with E-state index in [4.69, 9.17) is 0 Å². The van der Waals surface area contributed by atoms with Gasteiger partial charge in [-0.25, -0.2) is 0 Å². The van der Waals surface area contributed by atoms with E-state index in [1.165, 1.54) is 61.2 Å². The zero-order chi connectivity index (χ0) is 37.1. The number of rotatable bonds is 6. The zero-order valence-electron chi connectivity index (χ0n) is 32.8. The molecule has 0 saturated carbocycles. The molecule has 0 nitrogen and oxygen atoms in total. The first-order valence-electron chi connectivity index (χ1n) is 17.4. The van der Waals surface area contributed by atoms with Crippen molar-refractivity contribution in [2.75, 3.05) is 0 Å². The van der Waals surface area contributed by atoms with E-state index in [0.717, 1.165) is 12.0 Å². The van der Waals surface area contributed by atoms with Crippen molar-refractivity contribution in [3.05, 3.63) is 185 Å². The Morgan fingerprint density at radius 2 is 1.08 bits per heavy atom. The SMILES string of the molecule is C=C(C)c1cccc(C)c1.C=CC=C.CC.CC.CC/C=C(/C(C)=C/c1ccccc1C)c1ccc(C)cc1C.Cc1cccc(C)c1. The van der Waals surface area contributed by atoms with Gasteiger partial charge in [-0.1, -0.05) is 197 Å². The number of allylic oxidation sites excluding steroid dienone is 6. The molecule has 4 aromatic carbocycles. The van der Waals surface area contributed by atoms with Crippen LogP contribution in [0, 0.1) is 41.5 Å². The summed E-state index contributed by atoms with van der Waals surface area (Å²) in [7, 11) is 0. The van der Waals surface area contributed by atoms with E-state index < -0.39 is 0 Å². The van der Waals surface area contributed by atoms with Gasteiger partial charge in [0.2, 0.25) is 0 Å². The van der Waals surface area contributed by atoms with Gasteiger partial charge < -0.3 is 0 Å². The minimum absolute atomic E-state index is 1.04. The van der Waals surface area contributed by atoms with Crippen LogP contribution in [0.5, 0.6) is 0 Å². The number of aryl methyl sites for hydroxylation is 6. The molecule has 0 heteroatoms. The highest BCUT2D eigenvalue weighted by atomic mass is 14.1. The zero-order valence-corrected chi connectivity index (χ0v) is 32.8. The highest BCUT2D eigenvalue weighted by molar-refractivity contribution is 5.85. The molecule has 0 aliphatic carbocycles. The number of hydrogen-bond acceptors (Lipinski definition) is 0. The summed E-state index contributed by atoms with van der Waals surface area (Å²) >= 11 is 0. The Morgan fingerprint density at radius 1 is 0.583 bits per heavy atom. The van der Waals surface area contributed by atoms with Gasteiger partial charge in [-0.15, -0.1) is 0 Å². The van der Waals surface area contributed by atoms with Crippen LogP contribution in [0.1, 0.15) is 105 Å². The second-order valence-electron chi connectivity index (χ2n) is 11.3. The van der Waals surface area contributed by atoms with Gasteiger partial charge in [0, 0.05) is 0 Å². The molecule has 0 aliphatic rings. The summed E-state index contributed by atoms with van der Waals surface area (Å²) in [4.78, 5) is 0. The third kappa shape index (κ3) is 19.3. The van der Waals surface area contributed by atoms with Crippen molar-refractivity contribution in [1.29, 1.82) is 0 Å². The van der Waals surface area contributed by atoms with Gasteiger partial charge in [-0.3, -0.25) is 0 Å². The van der Waals surface area contributed by atoms with Gasteiger partial charge in [0.1, 0.15) is 0 Å². The Kier molecular flexibility index (Phi) is 26.3. The van der Waals surface area contributed by atoms with Crippen LogP contribution in [0.3, 0.4) is 0 Å². The summed E-state index contributed by atoms with van der Waals surface area (Å²) in [5.41, 5.74) is 15.6. The predicted molar refractivity (Wildman–Crippen MR) is 224 cm³/mol. The third-order valence-electron chi connectivity index (χ3n) is 6.92. The van der Waals surface area contributed by atoms with Gasteiger partial charge in [0.25, 0.3) is 0 Å². The van der Waals surface area contributed by atoms with E-state index in [9.17, 15) is 0 Å². The Bertz CT molecular complexity index is 1530. The number of benzene rings is 4. The highest BCUT2D eigenvalue weighted by Crippen LogP contribution is 2.29. The largest absolute Gasteiger partial charge is 0.0991 e. The molecular weight excluding hydrogens is 577 g/mol. The molecule has 0 saturated heterocycles. The lowest BCUT2D eigenvalue weighted by molar-refractivity contribution is 1.22. The molecule has 258 valence electrons. The Morgan fingerprint density at radius 3 is 1.48 bits per heavy atom. The lowest BCUT2D eigenvalue weighted by Crippen LogP contribution is -1.93. The summed E-state index contributed by atoms with van der Waals surface area (Å²) in [6.45, 7) is 37.8. The topological polar surface area (TPSA) is 0 Å². The standard InChI is InChI=1S/C22H26.C10H12.C8H10.C4H6.2C2H6/c1-6-9-21(22-13-12-16(2)14-18(22)4)19(5)15-20-11-8-7-10-17(20)3;1-8(2)10-6-4-5-9(3)7-10;1-7-4-3-5-8(2)6-7;1-3-4-2;2*1-2/h7-15H,6H2,1-5H3;4-7H,1H2,2-3H3;3-6H,1-2H3;3-4H,1-2H2;2*1-2H3/b19-15+,21-9-;;;;;. The van der Waals surface area contributed by atoms with Crippen LogP contribution < -0.4 is 0 Å². The molecule has 4 aromatic rings. The maximum atomic E-state index is 3.87. The van der Waals surface area contributed by atoms with E-state index >= 15 is 0 Å². The monoisotopic (exact) mass is 643 g/mol. The molecule has 0 bridgehead atoms. The van der Waals surface area contributed by atoms with Crippen molar-refractivity contribution in [3.8, 4) is 0 Å². The average molecular weight is 643 g/mol. The molecule has 0 fully saturated rings. The van der Waals surface area contributed by atoms with Crippen molar-refractivity contribution in [1.82, 2.24) is 0 Å². The predicted octanol–water partition coefficient (Wildman–Crippen LogP) is 15.3. The van der Waals surface area contributed by atoms with Crippen LogP contribution in [-0.2, 0) is 0 Å². The van der Waals surface area contributed by atoms with E-state index in [0.29, 0.717) is 0 Å². The molecule has 4 rings (SSSR count). The lowest BCUT2D eigenvalue weighted by atomic mass is 9.91. The minimum Gasteiger partial charge on any atom is -0.0991 e. The minimum atomic E-state index is 1.04. The molecule has 0 spiro atoms. The van der Waals surface area contributed by atoms with Crippen LogP contribution in [0.25, 0.3) is 17.2 Å². The fraction of sp³-hybridized carbons (Fsp3) is 0.292. The summed E-state index contributed by atoms with van der Waals surface area (Å²) in [5.74, 6) is 0. The molecule has 48 heavy (non-hydrogen) atoms. The summed E-state index contributed by atoms with van der Waals surface area (Å²) in [5, 5.41) is 0. The van der Waals surface area contributed by atoms with Crippen LogP contribution in [0.4, 0.5) is 0 Å². The average Bonchev–Trinajstić information content (AvgIpc) is 3.07. The Hall–Kier alpha value is -4.42. The van der Waals surface area contributed by atoms with Gasteiger partial charge in [-0.05, 0) is 101 Å². The van der Waals surface area contributed by atoms with E-state index in [2.05, 4.69) is 178 Å². The van der Waals surface area contributed by atoms with Crippen molar-refractivity contribution < 1.29 is 0 Å². The van der Waals surface area contributed by atoms with E-state index in [-0.39, 0.29) is 0 Å². The highest BCUT2D eigenvalue weighted by Gasteiger charge is 2.08. The van der Waals surface area contributed by atoms with Crippen LogP contribution in [0.15, 0.2) is 135 Å². The number of hydrogen-bond donors (Lipinski definition) is 0. The third-order valence-corrected chi connectivity index (χ3v) is 6.92. The fourth-order valence-corrected chi connectivity index (χ4v) is 4.58. The van der Waals surface area contributed by atoms with Gasteiger partial charge in [0.15, 0.2) is 0 Å². The second-order valence-corrected chi connectivity index (χ2v) is 11.3. The van der Waals surface area contributed by atoms with Gasteiger partial charge in [0.05, 0.1) is 0 Å². The normalized spacial score (nSPS) is 9.94. The molecule has 0 unspecified atom stereocenters. The molecule has 0 amide bonds. The first kappa shape index (κ1) is 45.7. The van der Waals surface area contributed by atoms with Crippen molar-refractivity contribution in [3.63, 3.8) is 0 Å². The lowest BCUT2D eigenvalue weighted by Gasteiger charge is -2.13. The molecule has 0 heterocycles. The molecule has 0 radical (unpaired) electrons. The fourth-order valence-electron chi connectivity index (χ4n) is 4.58. The summed E-state index contributed by atoms with van der Waals surface area (Å²) in [6.07, 6.45) is 8.96. The van der Waals surface area contributed by atoms with Crippen LogP contribution in [-0.4, -0.2) is 0 Å².